The highest BCUT2D eigenvalue weighted by Gasteiger charge is 2.32. The van der Waals surface area contributed by atoms with Gasteiger partial charge >= 0.3 is 0 Å². The van der Waals surface area contributed by atoms with E-state index in [4.69, 9.17) is 0 Å². The summed E-state index contributed by atoms with van der Waals surface area (Å²) in [7, 11) is -3.05. The fourth-order valence-corrected chi connectivity index (χ4v) is 6.07. The Bertz CT molecular complexity index is 971. The number of rotatable bonds is 4. The van der Waals surface area contributed by atoms with E-state index in [9.17, 15) is 13.2 Å². The molecule has 156 valence electrons. The van der Waals surface area contributed by atoms with Gasteiger partial charge in [0, 0.05) is 6.04 Å². The molecular weight excluding hydrogens is 386 g/mol. The van der Waals surface area contributed by atoms with E-state index >= 15 is 0 Å². The number of aryl methyl sites for hydroxylation is 1. The van der Waals surface area contributed by atoms with Crippen molar-refractivity contribution in [2.45, 2.75) is 64.0 Å². The SMILES string of the molecule is Cc1ccc(-c2cc(C(=O)NC3CCCCCC3)nn2[C@@H]2CCS(=O)(=O)C2)cc1. The number of carbonyl (C=O) groups is 1. The molecule has 6 nitrogen and oxygen atoms in total. The molecule has 2 heterocycles. The zero-order valence-corrected chi connectivity index (χ0v) is 17.7. The number of hydrogen-bond donors (Lipinski definition) is 1. The lowest BCUT2D eigenvalue weighted by Crippen LogP contribution is -2.34. The Morgan fingerprint density at radius 3 is 2.38 bits per heavy atom. The van der Waals surface area contributed by atoms with Crippen LogP contribution in [-0.4, -0.2) is 41.7 Å². The van der Waals surface area contributed by atoms with Crippen molar-refractivity contribution in [1.82, 2.24) is 15.1 Å². The summed E-state index contributed by atoms with van der Waals surface area (Å²) in [5.74, 6) is 0.0935. The van der Waals surface area contributed by atoms with Crippen LogP contribution in [0, 0.1) is 6.92 Å². The molecule has 1 N–H and O–H groups in total. The third-order valence-electron chi connectivity index (χ3n) is 6.06. The van der Waals surface area contributed by atoms with Crippen LogP contribution in [0.4, 0.5) is 0 Å². The molecule has 1 saturated carbocycles. The molecule has 2 fully saturated rings. The van der Waals surface area contributed by atoms with Crippen molar-refractivity contribution < 1.29 is 13.2 Å². The minimum Gasteiger partial charge on any atom is -0.348 e. The second-order valence-electron chi connectivity index (χ2n) is 8.44. The van der Waals surface area contributed by atoms with E-state index < -0.39 is 9.84 Å². The smallest absolute Gasteiger partial charge is 0.272 e. The zero-order chi connectivity index (χ0) is 20.4. The van der Waals surface area contributed by atoms with Gasteiger partial charge in [-0.05, 0) is 37.8 Å². The molecule has 7 heteroatoms. The minimum atomic E-state index is -3.05. The van der Waals surface area contributed by atoms with Crippen LogP contribution < -0.4 is 5.32 Å². The quantitative estimate of drug-likeness (QED) is 0.773. The van der Waals surface area contributed by atoms with Crippen LogP contribution in [0.5, 0.6) is 0 Å². The van der Waals surface area contributed by atoms with Gasteiger partial charge < -0.3 is 5.32 Å². The highest BCUT2D eigenvalue weighted by molar-refractivity contribution is 7.91. The molecule has 2 aromatic rings. The molecule has 1 aliphatic heterocycles. The molecule has 0 unspecified atom stereocenters. The highest BCUT2D eigenvalue weighted by atomic mass is 32.2. The third-order valence-corrected chi connectivity index (χ3v) is 7.81. The molecule has 1 aliphatic carbocycles. The first-order valence-electron chi connectivity index (χ1n) is 10.6. The molecule has 0 radical (unpaired) electrons. The van der Waals surface area contributed by atoms with E-state index in [0.717, 1.165) is 42.5 Å². The van der Waals surface area contributed by atoms with E-state index in [1.807, 2.05) is 37.3 Å². The summed E-state index contributed by atoms with van der Waals surface area (Å²) in [6.45, 7) is 2.02. The predicted molar refractivity (Wildman–Crippen MR) is 114 cm³/mol. The van der Waals surface area contributed by atoms with Gasteiger partial charge in [0.2, 0.25) is 0 Å². The third kappa shape index (κ3) is 4.71. The number of carbonyl (C=O) groups excluding carboxylic acids is 1. The van der Waals surface area contributed by atoms with Gasteiger partial charge in [0.25, 0.3) is 5.91 Å². The van der Waals surface area contributed by atoms with Crippen LogP contribution in [0.2, 0.25) is 0 Å². The number of hydrogen-bond acceptors (Lipinski definition) is 4. The van der Waals surface area contributed by atoms with Crippen LogP contribution in [0.3, 0.4) is 0 Å². The Balaban J connectivity index is 1.63. The maximum Gasteiger partial charge on any atom is 0.272 e. The maximum absolute atomic E-state index is 12.9. The molecule has 2 aliphatic rings. The van der Waals surface area contributed by atoms with Crippen molar-refractivity contribution in [3.05, 3.63) is 41.6 Å². The van der Waals surface area contributed by atoms with Gasteiger partial charge in [-0.25, -0.2) is 8.42 Å². The van der Waals surface area contributed by atoms with Crippen LogP contribution >= 0.6 is 0 Å². The number of benzene rings is 1. The molecule has 1 aromatic carbocycles. The largest absolute Gasteiger partial charge is 0.348 e. The van der Waals surface area contributed by atoms with Crippen molar-refractivity contribution in [3.63, 3.8) is 0 Å². The van der Waals surface area contributed by atoms with Crippen molar-refractivity contribution >= 4 is 15.7 Å². The fraction of sp³-hybridized carbons (Fsp3) is 0.545. The van der Waals surface area contributed by atoms with Crippen molar-refractivity contribution in [1.29, 1.82) is 0 Å². The molecular formula is C22H29N3O3S. The van der Waals surface area contributed by atoms with E-state index in [1.54, 1.807) is 4.68 Å². The van der Waals surface area contributed by atoms with E-state index in [-0.39, 0.29) is 29.5 Å². The first-order valence-corrected chi connectivity index (χ1v) is 12.4. The van der Waals surface area contributed by atoms with Gasteiger partial charge in [0.15, 0.2) is 15.5 Å². The first kappa shape index (κ1) is 20.1. The topological polar surface area (TPSA) is 81.1 Å². The molecule has 29 heavy (non-hydrogen) atoms. The van der Waals surface area contributed by atoms with Crippen LogP contribution in [-0.2, 0) is 9.84 Å². The minimum absolute atomic E-state index is 0.0806. The second kappa shape index (κ2) is 8.30. The average Bonchev–Trinajstić information content (AvgIpc) is 3.18. The van der Waals surface area contributed by atoms with E-state index in [2.05, 4.69) is 10.4 Å². The Morgan fingerprint density at radius 1 is 1.07 bits per heavy atom. The molecule has 4 rings (SSSR count). The highest BCUT2D eigenvalue weighted by Crippen LogP contribution is 2.30. The Hall–Kier alpha value is -2.15. The molecule has 1 amide bonds. The van der Waals surface area contributed by atoms with Crippen LogP contribution in [0.15, 0.2) is 30.3 Å². The number of aromatic nitrogens is 2. The molecule has 1 atom stereocenters. The van der Waals surface area contributed by atoms with Gasteiger partial charge in [-0.3, -0.25) is 9.48 Å². The monoisotopic (exact) mass is 415 g/mol. The lowest BCUT2D eigenvalue weighted by molar-refractivity contribution is 0.0927. The van der Waals surface area contributed by atoms with E-state index in [0.29, 0.717) is 12.1 Å². The Labute approximate surface area is 172 Å². The Kier molecular flexibility index (Phi) is 5.76. The van der Waals surface area contributed by atoms with Crippen LogP contribution in [0.1, 0.15) is 67.0 Å². The zero-order valence-electron chi connectivity index (χ0n) is 16.9. The summed E-state index contributed by atoms with van der Waals surface area (Å²) in [5, 5.41) is 7.74. The van der Waals surface area contributed by atoms with Gasteiger partial charge in [-0.2, -0.15) is 5.10 Å². The standard InChI is InChI=1S/C22H29N3O3S/c1-16-8-10-17(11-9-16)21-14-20(22(26)23-18-6-4-2-3-5-7-18)24-25(21)19-12-13-29(27,28)15-19/h8-11,14,18-19H,2-7,12-13,15H2,1H3,(H,23,26)/t19-/m1/s1. The summed E-state index contributed by atoms with van der Waals surface area (Å²) in [4.78, 5) is 12.9. The van der Waals surface area contributed by atoms with Gasteiger partial charge in [-0.15, -0.1) is 0 Å². The van der Waals surface area contributed by atoms with Crippen molar-refractivity contribution in [2.24, 2.45) is 0 Å². The predicted octanol–water partition coefficient (Wildman–Crippen LogP) is 3.67. The van der Waals surface area contributed by atoms with Gasteiger partial charge in [0.05, 0.1) is 23.2 Å². The molecule has 1 saturated heterocycles. The number of sulfone groups is 1. The van der Waals surface area contributed by atoms with E-state index in [1.165, 1.54) is 12.8 Å². The van der Waals surface area contributed by atoms with Gasteiger partial charge in [-0.1, -0.05) is 55.5 Å². The van der Waals surface area contributed by atoms with Crippen molar-refractivity contribution in [3.8, 4) is 11.3 Å². The molecule has 0 bridgehead atoms. The fourth-order valence-electron chi connectivity index (χ4n) is 4.37. The molecule has 1 aromatic heterocycles. The Morgan fingerprint density at radius 2 is 1.76 bits per heavy atom. The number of nitrogens with zero attached hydrogens (tertiary/aromatic N) is 2. The van der Waals surface area contributed by atoms with Crippen molar-refractivity contribution in [2.75, 3.05) is 11.5 Å². The summed E-state index contributed by atoms with van der Waals surface area (Å²) in [6, 6.07) is 9.81. The average molecular weight is 416 g/mol. The summed E-state index contributed by atoms with van der Waals surface area (Å²) >= 11 is 0. The van der Waals surface area contributed by atoms with Gasteiger partial charge in [0.1, 0.15) is 0 Å². The number of amides is 1. The second-order valence-corrected chi connectivity index (χ2v) is 10.7. The maximum atomic E-state index is 12.9. The summed E-state index contributed by atoms with van der Waals surface area (Å²) in [5.41, 5.74) is 3.27. The first-order chi connectivity index (χ1) is 13.9. The number of nitrogens with one attached hydrogen (secondary N) is 1. The molecule has 0 spiro atoms. The lowest BCUT2D eigenvalue weighted by atomic mass is 10.1. The summed E-state index contributed by atoms with van der Waals surface area (Å²) in [6.07, 6.45) is 7.31. The normalized spacial score (nSPS) is 22.3. The lowest BCUT2D eigenvalue weighted by Gasteiger charge is -2.15. The summed E-state index contributed by atoms with van der Waals surface area (Å²) < 4.78 is 25.8. The van der Waals surface area contributed by atoms with Crippen LogP contribution in [0.25, 0.3) is 11.3 Å².